The molecule has 0 amide bonds. The molecule has 0 heterocycles. The van der Waals surface area contributed by atoms with Gasteiger partial charge in [-0.2, -0.15) is 0 Å². The van der Waals surface area contributed by atoms with Crippen LogP contribution in [0.1, 0.15) is 33.6 Å². The summed E-state index contributed by atoms with van der Waals surface area (Å²) in [5.41, 5.74) is 0.978. The average Bonchev–Trinajstić information content (AvgIpc) is 2.44. The fourth-order valence-electron chi connectivity index (χ4n) is 2.89. The molecule has 0 saturated heterocycles. The van der Waals surface area contributed by atoms with Gasteiger partial charge in [-0.15, -0.1) is 0 Å². The third-order valence-corrected chi connectivity index (χ3v) is 4.10. The molecule has 94 valence electrons. The molecule has 1 N–H and O–H groups in total. The molecule has 2 atom stereocenters. The van der Waals surface area contributed by atoms with Crippen LogP contribution in [-0.4, -0.2) is 6.04 Å². The van der Waals surface area contributed by atoms with Gasteiger partial charge in [0.05, 0.1) is 5.69 Å². The highest BCUT2D eigenvalue weighted by atomic mass is 79.9. The van der Waals surface area contributed by atoms with E-state index in [2.05, 4.69) is 42.0 Å². The van der Waals surface area contributed by atoms with Crippen molar-refractivity contribution in [3.05, 3.63) is 28.5 Å². The molecule has 0 aliphatic heterocycles. The smallest absolute Gasteiger partial charge is 0.147 e. The Kier molecular flexibility index (Phi) is 3.48. The number of rotatable bonds is 2. The van der Waals surface area contributed by atoms with Gasteiger partial charge in [-0.3, -0.25) is 0 Å². The number of benzene rings is 1. The molecule has 2 unspecified atom stereocenters. The van der Waals surface area contributed by atoms with Crippen LogP contribution in [0, 0.1) is 17.2 Å². The predicted molar refractivity (Wildman–Crippen MR) is 73.7 cm³/mol. The van der Waals surface area contributed by atoms with Gasteiger partial charge in [0, 0.05) is 10.5 Å². The average molecular weight is 300 g/mol. The summed E-state index contributed by atoms with van der Waals surface area (Å²) in [4.78, 5) is 0. The Morgan fingerprint density at radius 2 is 2.06 bits per heavy atom. The van der Waals surface area contributed by atoms with Crippen LogP contribution in [0.4, 0.5) is 10.1 Å². The quantitative estimate of drug-likeness (QED) is 0.825. The summed E-state index contributed by atoms with van der Waals surface area (Å²) in [6.45, 7) is 6.80. The lowest BCUT2D eigenvalue weighted by atomic mass is 9.91. The maximum absolute atomic E-state index is 13.7. The van der Waals surface area contributed by atoms with Gasteiger partial charge >= 0.3 is 0 Å². The minimum Gasteiger partial charge on any atom is -0.380 e. The Bertz CT molecular complexity index is 417. The standard InChI is InChI=1S/C14H19BrFN/c1-9-7-14(2,3)8-13(9)17-12-5-4-10(15)6-11(12)16/h4-6,9,13,17H,7-8H2,1-3H3. The molecule has 0 aromatic heterocycles. The van der Waals surface area contributed by atoms with E-state index in [9.17, 15) is 4.39 Å². The number of hydrogen-bond acceptors (Lipinski definition) is 1. The van der Waals surface area contributed by atoms with E-state index in [1.54, 1.807) is 6.07 Å². The van der Waals surface area contributed by atoms with Gasteiger partial charge in [0.2, 0.25) is 0 Å². The molecule has 1 aliphatic rings. The third-order valence-electron chi connectivity index (χ3n) is 3.61. The van der Waals surface area contributed by atoms with Crippen LogP contribution < -0.4 is 5.32 Å². The summed E-state index contributed by atoms with van der Waals surface area (Å²) in [6, 6.07) is 5.56. The van der Waals surface area contributed by atoms with E-state index in [-0.39, 0.29) is 5.82 Å². The summed E-state index contributed by atoms with van der Waals surface area (Å²) in [6.07, 6.45) is 2.30. The van der Waals surface area contributed by atoms with Gasteiger partial charge < -0.3 is 5.32 Å². The third kappa shape index (κ3) is 3.01. The van der Waals surface area contributed by atoms with Crippen LogP contribution in [0.5, 0.6) is 0 Å². The van der Waals surface area contributed by atoms with Gasteiger partial charge in [0.1, 0.15) is 5.82 Å². The SMILES string of the molecule is CC1CC(C)(C)CC1Nc1ccc(Br)cc1F. The van der Waals surface area contributed by atoms with Gasteiger partial charge in [0.15, 0.2) is 0 Å². The zero-order valence-electron chi connectivity index (χ0n) is 10.6. The summed E-state index contributed by atoms with van der Waals surface area (Å²) in [7, 11) is 0. The van der Waals surface area contributed by atoms with Crippen molar-refractivity contribution in [2.24, 2.45) is 11.3 Å². The van der Waals surface area contributed by atoms with Crippen molar-refractivity contribution in [1.82, 2.24) is 0 Å². The summed E-state index contributed by atoms with van der Waals surface area (Å²) < 4.78 is 14.5. The Labute approximate surface area is 111 Å². The summed E-state index contributed by atoms with van der Waals surface area (Å²) in [5, 5.41) is 3.35. The Morgan fingerprint density at radius 3 is 2.59 bits per heavy atom. The maximum Gasteiger partial charge on any atom is 0.147 e. The molecular weight excluding hydrogens is 281 g/mol. The maximum atomic E-state index is 13.7. The molecule has 1 nitrogen and oxygen atoms in total. The molecule has 1 aromatic rings. The highest BCUT2D eigenvalue weighted by Crippen LogP contribution is 2.42. The zero-order chi connectivity index (χ0) is 12.6. The van der Waals surface area contributed by atoms with E-state index in [0.717, 1.165) is 10.9 Å². The Morgan fingerprint density at radius 1 is 1.35 bits per heavy atom. The number of anilines is 1. The van der Waals surface area contributed by atoms with E-state index in [0.29, 0.717) is 23.1 Å². The van der Waals surface area contributed by atoms with E-state index in [4.69, 9.17) is 0 Å². The van der Waals surface area contributed by atoms with Gasteiger partial charge in [-0.05, 0) is 42.4 Å². The number of halogens is 2. The fourth-order valence-corrected chi connectivity index (χ4v) is 3.23. The van der Waals surface area contributed by atoms with Crippen LogP contribution in [-0.2, 0) is 0 Å². The van der Waals surface area contributed by atoms with E-state index in [1.165, 1.54) is 12.5 Å². The van der Waals surface area contributed by atoms with Crippen molar-refractivity contribution in [3.8, 4) is 0 Å². The predicted octanol–water partition coefficient (Wildman–Crippen LogP) is 4.82. The van der Waals surface area contributed by atoms with Gasteiger partial charge in [-0.1, -0.05) is 36.7 Å². The van der Waals surface area contributed by atoms with Crippen molar-refractivity contribution >= 4 is 21.6 Å². The Balaban J connectivity index is 2.11. The second-order valence-corrected chi connectivity index (χ2v) is 6.84. The highest BCUT2D eigenvalue weighted by Gasteiger charge is 2.36. The first-order valence-electron chi connectivity index (χ1n) is 6.09. The molecule has 17 heavy (non-hydrogen) atoms. The van der Waals surface area contributed by atoms with E-state index < -0.39 is 0 Å². The first-order valence-corrected chi connectivity index (χ1v) is 6.88. The molecule has 1 fully saturated rings. The number of hydrogen-bond donors (Lipinski definition) is 1. The Hall–Kier alpha value is -0.570. The van der Waals surface area contributed by atoms with Crippen molar-refractivity contribution in [2.45, 2.75) is 39.7 Å². The van der Waals surface area contributed by atoms with Crippen LogP contribution in [0.2, 0.25) is 0 Å². The van der Waals surface area contributed by atoms with Crippen molar-refractivity contribution in [1.29, 1.82) is 0 Å². The first-order chi connectivity index (χ1) is 7.87. The molecule has 0 spiro atoms. The fraction of sp³-hybridized carbons (Fsp3) is 0.571. The largest absolute Gasteiger partial charge is 0.380 e. The lowest BCUT2D eigenvalue weighted by Gasteiger charge is -2.20. The van der Waals surface area contributed by atoms with Crippen LogP contribution >= 0.6 is 15.9 Å². The highest BCUT2D eigenvalue weighted by molar-refractivity contribution is 9.10. The molecule has 2 rings (SSSR count). The molecule has 0 bridgehead atoms. The van der Waals surface area contributed by atoms with E-state index >= 15 is 0 Å². The van der Waals surface area contributed by atoms with Crippen LogP contribution in [0.3, 0.4) is 0 Å². The van der Waals surface area contributed by atoms with Gasteiger partial charge in [0.25, 0.3) is 0 Å². The molecule has 1 aliphatic carbocycles. The molecule has 3 heteroatoms. The van der Waals surface area contributed by atoms with Crippen molar-refractivity contribution in [2.75, 3.05) is 5.32 Å². The lowest BCUT2D eigenvalue weighted by Crippen LogP contribution is -2.23. The van der Waals surface area contributed by atoms with Crippen molar-refractivity contribution in [3.63, 3.8) is 0 Å². The minimum atomic E-state index is -0.184. The van der Waals surface area contributed by atoms with Crippen LogP contribution in [0.25, 0.3) is 0 Å². The second-order valence-electron chi connectivity index (χ2n) is 5.92. The van der Waals surface area contributed by atoms with Crippen molar-refractivity contribution < 1.29 is 4.39 Å². The second kappa shape index (κ2) is 4.60. The zero-order valence-corrected chi connectivity index (χ0v) is 12.1. The molecule has 1 aromatic carbocycles. The molecule has 0 radical (unpaired) electrons. The minimum absolute atomic E-state index is 0.184. The lowest BCUT2D eigenvalue weighted by molar-refractivity contribution is 0.366. The summed E-state index contributed by atoms with van der Waals surface area (Å²) >= 11 is 3.27. The topological polar surface area (TPSA) is 12.0 Å². The first kappa shape index (κ1) is 12.9. The normalized spacial score (nSPS) is 27.1. The number of nitrogens with one attached hydrogen (secondary N) is 1. The van der Waals surface area contributed by atoms with Crippen LogP contribution in [0.15, 0.2) is 22.7 Å². The summed E-state index contributed by atoms with van der Waals surface area (Å²) in [5.74, 6) is 0.407. The molecule has 1 saturated carbocycles. The molecular formula is C14H19BrFN. The van der Waals surface area contributed by atoms with Gasteiger partial charge in [-0.25, -0.2) is 4.39 Å². The van der Waals surface area contributed by atoms with E-state index in [1.807, 2.05) is 6.07 Å². The monoisotopic (exact) mass is 299 g/mol.